The molecule has 0 spiro atoms. The van der Waals surface area contributed by atoms with Gasteiger partial charge in [0.15, 0.2) is 0 Å². The highest BCUT2D eigenvalue weighted by atomic mass is 15.1. The molecule has 26 heavy (non-hydrogen) atoms. The molecule has 3 heterocycles. The normalized spacial score (nSPS) is 10.2. The SMILES string of the molecule is CC.Nc1cccc2c1ccn2Cc1ccnc(Nc2cnccn2)c1. The fourth-order valence-electron chi connectivity index (χ4n) is 2.72. The van der Waals surface area contributed by atoms with Gasteiger partial charge in [-0.25, -0.2) is 9.97 Å². The van der Waals surface area contributed by atoms with Crippen LogP contribution in [0.1, 0.15) is 19.4 Å². The van der Waals surface area contributed by atoms with E-state index in [1.54, 1.807) is 24.8 Å². The van der Waals surface area contributed by atoms with E-state index in [2.05, 4.69) is 37.1 Å². The van der Waals surface area contributed by atoms with E-state index in [4.69, 9.17) is 5.73 Å². The van der Waals surface area contributed by atoms with Crippen LogP contribution in [0.4, 0.5) is 17.3 Å². The number of aromatic nitrogens is 4. The van der Waals surface area contributed by atoms with Crippen LogP contribution in [0.3, 0.4) is 0 Å². The topological polar surface area (TPSA) is 81.7 Å². The van der Waals surface area contributed by atoms with Gasteiger partial charge < -0.3 is 15.6 Å². The molecule has 1 aromatic carbocycles. The zero-order valence-corrected chi connectivity index (χ0v) is 14.9. The van der Waals surface area contributed by atoms with Crippen molar-refractivity contribution < 1.29 is 0 Å². The highest BCUT2D eigenvalue weighted by molar-refractivity contribution is 5.91. The average molecular weight is 346 g/mol. The van der Waals surface area contributed by atoms with Crippen LogP contribution in [0.25, 0.3) is 10.9 Å². The highest BCUT2D eigenvalue weighted by Crippen LogP contribution is 2.23. The van der Waals surface area contributed by atoms with Crippen LogP contribution in [0.2, 0.25) is 0 Å². The molecule has 0 fully saturated rings. The first kappa shape index (κ1) is 17.4. The van der Waals surface area contributed by atoms with E-state index in [1.165, 1.54) is 0 Å². The Morgan fingerprint density at radius 2 is 1.85 bits per heavy atom. The number of anilines is 3. The van der Waals surface area contributed by atoms with E-state index in [0.717, 1.165) is 34.5 Å². The second-order valence-electron chi connectivity index (χ2n) is 5.49. The zero-order valence-electron chi connectivity index (χ0n) is 14.9. The van der Waals surface area contributed by atoms with Crippen molar-refractivity contribution in [2.75, 3.05) is 11.1 Å². The lowest BCUT2D eigenvalue weighted by Crippen LogP contribution is -2.01. The van der Waals surface area contributed by atoms with Crippen LogP contribution in [-0.4, -0.2) is 19.5 Å². The van der Waals surface area contributed by atoms with E-state index < -0.39 is 0 Å². The molecule has 6 heteroatoms. The summed E-state index contributed by atoms with van der Waals surface area (Å²) in [7, 11) is 0. The van der Waals surface area contributed by atoms with Crippen LogP contribution in [0.5, 0.6) is 0 Å². The van der Waals surface area contributed by atoms with Gasteiger partial charge in [-0.05, 0) is 35.9 Å². The molecule has 132 valence electrons. The number of benzene rings is 1. The Hall–Kier alpha value is -3.41. The van der Waals surface area contributed by atoms with Crippen LogP contribution in [0, 0.1) is 0 Å². The number of fused-ring (bicyclic) bond motifs is 1. The molecule has 0 aliphatic rings. The van der Waals surface area contributed by atoms with Crippen LogP contribution in [-0.2, 0) is 6.54 Å². The summed E-state index contributed by atoms with van der Waals surface area (Å²) < 4.78 is 2.17. The largest absolute Gasteiger partial charge is 0.398 e. The molecular formula is C20H22N6. The van der Waals surface area contributed by atoms with Crippen molar-refractivity contribution in [3.05, 3.63) is 72.9 Å². The van der Waals surface area contributed by atoms with Crippen molar-refractivity contribution in [1.29, 1.82) is 0 Å². The molecule has 6 nitrogen and oxygen atoms in total. The molecule has 0 aliphatic carbocycles. The summed E-state index contributed by atoms with van der Waals surface area (Å²) in [5.41, 5.74) is 9.08. The maximum absolute atomic E-state index is 6.03. The maximum Gasteiger partial charge on any atom is 0.150 e. The predicted molar refractivity (Wildman–Crippen MR) is 106 cm³/mol. The van der Waals surface area contributed by atoms with E-state index >= 15 is 0 Å². The first-order valence-electron chi connectivity index (χ1n) is 8.61. The first-order chi connectivity index (χ1) is 12.8. The van der Waals surface area contributed by atoms with Gasteiger partial charge in [0.25, 0.3) is 0 Å². The van der Waals surface area contributed by atoms with Gasteiger partial charge in [-0.3, -0.25) is 4.98 Å². The smallest absolute Gasteiger partial charge is 0.150 e. The molecule has 4 aromatic rings. The van der Waals surface area contributed by atoms with Crippen molar-refractivity contribution >= 4 is 28.2 Å². The van der Waals surface area contributed by atoms with Gasteiger partial charge in [-0.15, -0.1) is 0 Å². The fraction of sp³-hybridized carbons (Fsp3) is 0.150. The Labute approximate surface area is 152 Å². The monoisotopic (exact) mass is 346 g/mol. The number of hydrogen-bond acceptors (Lipinski definition) is 5. The molecule has 0 saturated heterocycles. The maximum atomic E-state index is 6.03. The minimum absolute atomic E-state index is 0.668. The second kappa shape index (κ2) is 8.11. The third-order valence-electron chi connectivity index (χ3n) is 3.84. The van der Waals surface area contributed by atoms with Gasteiger partial charge in [0.1, 0.15) is 11.6 Å². The minimum atomic E-state index is 0.668. The molecule has 0 aliphatic heterocycles. The third-order valence-corrected chi connectivity index (χ3v) is 3.84. The summed E-state index contributed by atoms with van der Waals surface area (Å²) in [5, 5.41) is 4.23. The van der Waals surface area contributed by atoms with E-state index in [9.17, 15) is 0 Å². The van der Waals surface area contributed by atoms with E-state index in [1.807, 2.05) is 44.2 Å². The van der Waals surface area contributed by atoms with Crippen molar-refractivity contribution in [3.63, 3.8) is 0 Å². The number of pyridine rings is 1. The van der Waals surface area contributed by atoms with E-state index in [-0.39, 0.29) is 0 Å². The van der Waals surface area contributed by atoms with Crippen molar-refractivity contribution in [2.45, 2.75) is 20.4 Å². The zero-order chi connectivity index (χ0) is 18.4. The molecule has 0 radical (unpaired) electrons. The van der Waals surface area contributed by atoms with Crippen LogP contribution >= 0.6 is 0 Å². The number of nitrogen functional groups attached to an aromatic ring is 1. The first-order valence-corrected chi connectivity index (χ1v) is 8.61. The molecule has 0 amide bonds. The molecule has 4 rings (SSSR count). The summed E-state index contributed by atoms with van der Waals surface area (Å²) in [5.74, 6) is 1.41. The Balaban J connectivity index is 0.000000948. The lowest BCUT2D eigenvalue weighted by molar-refractivity contribution is 0.835. The summed E-state index contributed by atoms with van der Waals surface area (Å²) in [6.07, 6.45) is 8.78. The number of nitrogens with one attached hydrogen (secondary N) is 1. The van der Waals surface area contributed by atoms with Gasteiger partial charge in [-0.2, -0.15) is 0 Å². The Morgan fingerprint density at radius 1 is 1.00 bits per heavy atom. The molecule has 0 saturated carbocycles. The van der Waals surface area contributed by atoms with Crippen LogP contribution < -0.4 is 11.1 Å². The summed E-state index contributed by atoms with van der Waals surface area (Å²) >= 11 is 0. The standard InChI is InChI=1S/C18H16N6.C2H6/c19-15-2-1-3-16-14(15)5-9-24(16)12-13-4-6-21-17(10-13)23-18-11-20-7-8-22-18;1-2/h1-11H,12,19H2,(H,21,22,23);1-2H3. The Morgan fingerprint density at radius 3 is 2.65 bits per heavy atom. The molecule has 0 atom stereocenters. The Bertz CT molecular complexity index is 978. The molecule has 3 N–H and O–H groups in total. The van der Waals surface area contributed by atoms with Gasteiger partial charge in [-0.1, -0.05) is 19.9 Å². The summed E-state index contributed by atoms with van der Waals surface area (Å²) in [6.45, 7) is 4.74. The van der Waals surface area contributed by atoms with Gasteiger partial charge in [0.05, 0.1) is 11.7 Å². The summed E-state index contributed by atoms with van der Waals surface area (Å²) in [4.78, 5) is 12.6. The lowest BCUT2D eigenvalue weighted by Gasteiger charge is -2.09. The number of nitrogens with zero attached hydrogens (tertiary/aromatic N) is 4. The fourth-order valence-corrected chi connectivity index (χ4v) is 2.72. The summed E-state index contributed by atoms with van der Waals surface area (Å²) in [6, 6.07) is 12.0. The average Bonchev–Trinajstić information content (AvgIpc) is 3.09. The highest BCUT2D eigenvalue weighted by Gasteiger charge is 2.05. The predicted octanol–water partition coefficient (Wildman–Crippen LogP) is 4.23. The number of hydrogen-bond donors (Lipinski definition) is 2. The number of rotatable bonds is 4. The van der Waals surface area contributed by atoms with Crippen LogP contribution in [0.15, 0.2) is 67.4 Å². The van der Waals surface area contributed by atoms with E-state index in [0.29, 0.717) is 5.82 Å². The molecule has 3 aromatic heterocycles. The van der Waals surface area contributed by atoms with Gasteiger partial charge in [0, 0.05) is 42.4 Å². The Kier molecular flexibility index (Phi) is 5.43. The van der Waals surface area contributed by atoms with Gasteiger partial charge >= 0.3 is 0 Å². The number of nitrogens with two attached hydrogens (primary N) is 1. The lowest BCUT2D eigenvalue weighted by atomic mass is 10.2. The molecule has 0 unspecified atom stereocenters. The van der Waals surface area contributed by atoms with Crippen molar-refractivity contribution in [2.24, 2.45) is 0 Å². The van der Waals surface area contributed by atoms with Crippen molar-refractivity contribution in [3.8, 4) is 0 Å². The van der Waals surface area contributed by atoms with Crippen molar-refractivity contribution in [1.82, 2.24) is 19.5 Å². The molecule has 0 bridgehead atoms. The third kappa shape index (κ3) is 3.80. The van der Waals surface area contributed by atoms with Gasteiger partial charge in [0.2, 0.25) is 0 Å². The second-order valence-corrected chi connectivity index (χ2v) is 5.49. The minimum Gasteiger partial charge on any atom is -0.398 e. The molecular weight excluding hydrogens is 324 g/mol. The quantitative estimate of drug-likeness (QED) is 0.541.